The van der Waals surface area contributed by atoms with Crippen molar-refractivity contribution in [2.45, 2.75) is 12.0 Å². The minimum absolute atomic E-state index is 0.111. The lowest BCUT2D eigenvalue weighted by Gasteiger charge is -2.22. The minimum Gasteiger partial charge on any atom is -0.361 e. The van der Waals surface area contributed by atoms with Gasteiger partial charge < -0.3 is 15.2 Å². The molecule has 0 saturated heterocycles. The van der Waals surface area contributed by atoms with Gasteiger partial charge in [-0.1, -0.05) is 54.6 Å². The molecule has 2 aromatic heterocycles. The Labute approximate surface area is 175 Å². The molecule has 2 aromatic carbocycles. The molecule has 0 spiro atoms. The molecule has 0 bridgehead atoms. The normalized spacial score (nSPS) is 13.3. The molecule has 4 rings (SSSR count). The monoisotopic (exact) mass is 404 g/mol. The average Bonchev–Trinajstić information content (AvgIpc) is 3.42. The molecular weight excluding hydrogens is 378 g/mol. The molecule has 0 aliphatic rings. The topological polar surface area (TPSA) is 52.7 Å². The predicted octanol–water partition coefficient (Wildman–Crippen LogP) is 3.75. The standard InChI is InChI=1S/C24H25N3OS/c1-27(2)24(28)23(17-9-4-3-5-10-17)26-16-20(22-13-8-14-29-22)19-15-25-21-12-7-6-11-18(19)21/h3-15,20,23,25-26H,16H2,1-2H3/p+1/t20-,23-/m1/s1. The van der Waals surface area contributed by atoms with E-state index in [1.807, 2.05) is 44.4 Å². The van der Waals surface area contributed by atoms with Gasteiger partial charge in [0.25, 0.3) is 5.91 Å². The predicted molar refractivity (Wildman–Crippen MR) is 119 cm³/mol. The highest BCUT2D eigenvalue weighted by atomic mass is 32.1. The number of carbonyl (C=O) groups is 1. The number of nitrogens with one attached hydrogen (secondary N) is 1. The minimum atomic E-state index is -0.251. The molecule has 148 valence electrons. The van der Waals surface area contributed by atoms with Gasteiger partial charge in [-0.3, -0.25) is 4.79 Å². The number of likely N-dealkylation sites (N-methyl/N-ethyl adjacent to an activating group) is 1. The van der Waals surface area contributed by atoms with E-state index < -0.39 is 0 Å². The van der Waals surface area contributed by atoms with E-state index in [9.17, 15) is 4.79 Å². The number of rotatable bonds is 7. The Kier molecular flexibility index (Phi) is 5.79. The number of carbonyl (C=O) groups excluding carboxylic acids is 1. The van der Waals surface area contributed by atoms with Crippen molar-refractivity contribution >= 4 is 28.1 Å². The molecule has 4 aromatic rings. The van der Waals surface area contributed by atoms with E-state index in [0.717, 1.165) is 17.6 Å². The van der Waals surface area contributed by atoms with Crippen LogP contribution in [-0.4, -0.2) is 36.4 Å². The highest BCUT2D eigenvalue weighted by Gasteiger charge is 2.29. The van der Waals surface area contributed by atoms with E-state index in [-0.39, 0.29) is 17.9 Å². The van der Waals surface area contributed by atoms with Crippen LogP contribution in [0.25, 0.3) is 10.9 Å². The van der Waals surface area contributed by atoms with Gasteiger partial charge in [0.2, 0.25) is 0 Å². The maximum absolute atomic E-state index is 12.9. The first-order valence-electron chi connectivity index (χ1n) is 9.84. The third-order valence-electron chi connectivity index (χ3n) is 5.36. The van der Waals surface area contributed by atoms with Crippen molar-refractivity contribution in [3.8, 4) is 0 Å². The van der Waals surface area contributed by atoms with E-state index in [2.05, 4.69) is 58.3 Å². The molecule has 1 amide bonds. The zero-order valence-corrected chi connectivity index (χ0v) is 17.5. The number of nitrogens with two attached hydrogens (primary N) is 1. The molecular formula is C24H26N3OS+. The van der Waals surface area contributed by atoms with E-state index in [0.29, 0.717) is 0 Å². The Bertz CT molecular complexity index is 1070. The summed E-state index contributed by atoms with van der Waals surface area (Å²) in [5, 5.41) is 5.55. The van der Waals surface area contributed by atoms with Crippen LogP contribution in [0, 0.1) is 0 Å². The molecule has 0 radical (unpaired) electrons. The van der Waals surface area contributed by atoms with Crippen molar-refractivity contribution < 1.29 is 10.1 Å². The number of hydrogen-bond donors (Lipinski definition) is 2. The fourth-order valence-electron chi connectivity index (χ4n) is 3.86. The third kappa shape index (κ3) is 4.11. The maximum atomic E-state index is 12.9. The summed E-state index contributed by atoms with van der Waals surface area (Å²) in [4.78, 5) is 19.3. The second kappa shape index (κ2) is 8.64. The number of fused-ring (bicyclic) bond motifs is 1. The number of quaternary nitrogens is 1. The van der Waals surface area contributed by atoms with Gasteiger partial charge >= 0.3 is 0 Å². The summed E-state index contributed by atoms with van der Waals surface area (Å²) in [6, 6.07) is 22.5. The molecule has 0 saturated carbocycles. The first-order chi connectivity index (χ1) is 14.1. The number of benzene rings is 2. The molecule has 2 heterocycles. The number of para-hydroxylation sites is 1. The molecule has 0 aliphatic carbocycles. The van der Waals surface area contributed by atoms with Crippen molar-refractivity contribution in [3.05, 3.63) is 94.3 Å². The number of nitrogens with zero attached hydrogens (tertiary/aromatic N) is 1. The molecule has 2 atom stereocenters. The Morgan fingerprint density at radius 2 is 1.79 bits per heavy atom. The number of amides is 1. The quantitative estimate of drug-likeness (QED) is 0.484. The molecule has 0 fully saturated rings. The van der Waals surface area contributed by atoms with Gasteiger partial charge in [0.15, 0.2) is 6.04 Å². The van der Waals surface area contributed by atoms with Gasteiger partial charge in [-0.05, 0) is 23.1 Å². The average molecular weight is 405 g/mol. The largest absolute Gasteiger partial charge is 0.361 e. The number of hydrogen-bond acceptors (Lipinski definition) is 2. The van der Waals surface area contributed by atoms with Crippen LogP contribution in [0.4, 0.5) is 0 Å². The smallest absolute Gasteiger partial charge is 0.285 e. The van der Waals surface area contributed by atoms with Crippen molar-refractivity contribution in [2.24, 2.45) is 0 Å². The van der Waals surface area contributed by atoms with Crippen LogP contribution >= 0.6 is 11.3 Å². The summed E-state index contributed by atoms with van der Waals surface area (Å²) in [7, 11) is 3.64. The highest BCUT2D eigenvalue weighted by molar-refractivity contribution is 7.10. The van der Waals surface area contributed by atoms with Crippen LogP contribution < -0.4 is 5.32 Å². The molecule has 0 aliphatic heterocycles. The van der Waals surface area contributed by atoms with Crippen molar-refractivity contribution in [1.29, 1.82) is 0 Å². The summed E-state index contributed by atoms with van der Waals surface area (Å²) >= 11 is 1.77. The van der Waals surface area contributed by atoms with Gasteiger partial charge in [-0.2, -0.15) is 0 Å². The van der Waals surface area contributed by atoms with E-state index in [1.165, 1.54) is 15.8 Å². The zero-order chi connectivity index (χ0) is 20.2. The fraction of sp³-hybridized carbons (Fsp3) is 0.208. The Hall–Kier alpha value is -2.89. The van der Waals surface area contributed by atoms with Gasteiger partial charge in [0.1, 0.15) is 0 Å². The molecule has 5 heteroatoms. The van der Waals surface area contributed by atoms with Crippen LogP contribution in [0.2, 0.25) is 0 Å². The van der Waals surface area contributed by atoms with Crippen molar-refractivity contribution in [1.82, 2.24) is 9.88 Å². The number of H-pyrrole nitrogens is 1. The van der Waals surface area contributed by atoms with E-state index >= 15 is 0 Å². The van der Waals surface area contributed by atoms with Crippen molar-refractivity contribution in [2.75, 3.05) is 20.6 Å². The van der Waals surface area contributed by atoms with Gasteiger partial charge in [-0.25, -0.2) is 0 Å². The molecule has 4 nitrogen and oxygen atoms in total. The SMILES string of the molecule is CN(C)C(=O)[C@H]([NH2+]C[C@@H](c1cccs1)c1c[nH]c2ccccc12)c1ccccc1. The number of thiophene rings is 1. The first kappa shape index (κ1) is 19.4. The van der Waals surface area contributed by atoms with Crippen LogP contribution in [0.15, 0.2) is 78.3 Å². The summed E-state index contributed by atoms with van der Waals surface area (Å²) < 4.78 is 0. The van der Waals surface area contributed by atoms with Crippen LogP contribution in [-0.2, 0) is 4.79 Å². The summed E-state index contributed by atoms with van der Waals surface area (Å²) in [6.07, 6.45) is 2.12. The third-order valence-corrected chi connectivity index (χ3v) is 6.34. The lowest BCUT2D eigenvalue weighted by atomic mass is 9.95. The first-order valence-corrected chi connectivity index (χ1v) is 10.7. The zero-order valence-electron chi connectivity index (χ0n) is 16.7. The number of aromatic nitrogens is 1. The Balaban J connectivity index is 1.66. The maximum Gasteiger partial charge on any atom is 0.285 e. The summed E-state index contributed by atoms with van der Waals surface area (Å²) in [5.41, 5.74) is 3.46. The summed E-state index contributed by atoms with van der Waals surface area (Å²) in [5.74, 6) is 0.326. The Morgan fingerprint density at radius 3 is 2.52 bits per heavy atom. The highest BCUT2D eigenvalue weighted by Crippen LogP contribution is 2.32. The van der Waals surface area contributed by atoms with E-state index in [4.69, 9.17) is 0 Å². The van der Waals surface area contributed by atoms with Crippen LogP contribution in [0.1, 0.15) is 28.0 Å². The lowest BCUT2D eigenvalue weighted by molar-refractivity contribution is -0.684. The number of aromatic amines is 1. The van der Waals surface area contributed by atoms with Crippen molar-refractivity contribution in [3.63, 3.8) is 0 Å². The molecule has 3 N–H and O–H groups in total. The van der Waals surface area contributed by atoms with Gasteiger partial charge in [0, 0.05) is 41.6 Å². The van der Waals surface area contributed by atoms with Gasteiger partial charge in [0.05, 0.1) is 12.5 Å². The summed E-state index contributed by atoms with van der Waals surface area (Å²) in [6.45, 7) is 0.793. The second-order valence-corrected chi connectivity index (χ2v) is 8.43. The van der Waals surface area contributed by atoms with Crippen LogP contribution in [0.5, 0.6) is 0 Å². The van der Waals surface area contributed by atoms with Gasteiger partial charge in [-0.15, -0.1) is 11.3 Å². The van der Waals surface area contributed by atoms with Crippen LogP contribution in [0.3, 0.4) is 0 Å². The molecule has 29 heavy (non-hydrogen) atoms. The lowest BCUT2D eigenvalue weighted by Crippen LogP contribution is -2.88. The second-order valence-electron chi connectivity index (χ2n) is 7.45. The Morgan fingerprint density at radius 1 is 1.03 bits per heavy atom. The molecule has 0 unspecified atom stereocenters. The van der Waals surface area contributed by atoms with E-state index in [1.54, 1.807) is 16.2 Å². The fourth-order valence-corrected chi connectivity index (χ4v) is 4.72.